The van der Waals surface area contributed by atoms with E-state index in [-0.39, 0.29) is 0 Å². The van der Waals surface area contributed by atoms with Gasteiger partial charge < -0.3 is 15.5 Å². The molecule has 0 unspecified atom stereocenters. The Balaban J connectivity index is 3.26. The first kappa shape index (κ1) is 9.71. The Hall–Kier alpha value is -1.38. The molecular weight excluding hydrogens is 162 g/mol. The van der Waals surface area contributed by atoms with Gasteiger partial charge in [-0.05, 0) is 12.1 Å². The minimum Gasteiger partial charge on any atom is -0.397 e. The zero-order valence-corrected chi connectivity index (χ0v) is 8.70. The summed E-state index contributed by atoms with van der Waals surface area (Å²) >= 11 is 0. The molecule has 3 heteroatoms. The summed E-state index contributed by atoms with van der Waals surface area (Å²) in [5.74, 6) is 0. The lowest BCUT2D eigenvalue weighted by Crippen LogP contribution is -2.18. The lowest BCUT2D eigenvalue weighted by Gasteiger charge is -2.23. The average Bonchev–Trinajstić information content (AvgIpc) is 2.02. The molecular formula is C10H17N3. The van der Waals surface area contributed by atoms with Gasteiger partial charge in [-0.25, -0.2) is 0 Å². The topological polar surface area (TPSA) is 32.5 Å². The molecule has 3 nitrogen and oxygen atoms in total. The number of nitrogens with zero attached hydrogens (tertiary/aromatic N) is 2. The maximum absolute atomic E-state index is 5.89. The molecule has 0 saturated carbocycles. The van der Waals surface area contributed by atoms with Gasteiger partial charge in [0, 0.05) is 28.2 Å². The first-order valence-corrected chi connectivity index (χ1v) is 4.27. The van der Waals surface area contributed by atoms with Gasteiger partial charge in [-0.1, -0.05) is 6.07 Å². The Morgan fingerprint density at radius 1 is 1.00 bits per heavy atom. The van der Waals surface area contributed by atoms with E-state index in [1.54, 1.807) is 0 Å². The minimum atomic E-state index is 0.816. The van der Waals surface area contributed by atoms with Crippen LogP contribution in [0.25, 0.3) is 0 Å². The first-order chi connectivity index (χ1) is 6.04. The summed E-state index contributed by atoms with van der Waals surface area (Å²) in [7, 11) is 8.03. The van der Waals surface area contributed by atoms with Crippen LogP contribution in [0.1, 0.15) is 0 Å². The molecule has 0 amide bonds. The lowest BCUT2D eigenvalue weighted by molar-refractivity contribution is 1.08. The van der Waals surface area contributed by atoms with Crippen molar-refractivity contribution in [3.05, 3.63) is 18.2 Å². The SMILES string of the molecule is CN(C)c1cccc(N)c1N(C)C. The van der Waals surface area contributed by atoms with Gasteiger partial charge in [-0.3, -0.25) is 0 Å². The zero-order chi connectivity index (χ0) is 10.0. The summed E-state index contributed by atoms with van der Waals surface area (Å²) in [6.45, 7) is 0. The number of para-hydroxylation sites is 1. The number of nitrogen functional groups attached to an aromatic ring is 1. The van der Waals surface area contributed by atoms with E-state index in [4.69, 9.17) is 5.73 Å². The summed E-state index contributed by atoms with van der Waals surface area (Å²) in [6.07, 6.45) is 0. The van der Waals surface area contributed by atoms with E-state index >= 15 is 0 Å². The van der Waals surface area contributed by atoms with Crippen molar-refractivity contribution in [1.82, 2.24) is 0 Å². The predicted octanol–water partition coefficient (Wildman–Crippen LogP) is 1.40. The molecule has 0 aliphatic carbocycles. The van der Waals surface area contributed by atoms with Gasteiger partial charge in [-0.15, -0.1) is 0 Å². The van der Waals surface area contributed by atoms with E-state index in [1.807, 2.05) is 45.2 Å². The van der Waals surface area contributed by atoms with Crippen molar-refractivity contribution in [2.75, 3.05) is 43.7 Å². The summed E-state index contributed by atoms with van der Waals surface area (Å²) < 4.78 is 0. The first-order valence-electron chi connectivity index (χ1n) is 4.27. The molecule has 0 aromatic heterocycles. The monoisotopic (exact) mass is 179 g/mol. The average molecular weight is 179 g/mol. The second-order valence-corrected chi connectivity index (χ2v) is 3.50. The number of anilines is 3. The van der Waals surface area contributed by atoms with Crippen molar-refractivity contribution < 1.29 is 0 Å². The van der Waals surface area contributed by atoms with Crippen molar-refractivity contribution in [3.8, 4) is 0 Å². The Labute approximate surface area is 79.8 Å². The third kappa shape index (κ3) is 1.86. The van der Waals surface area contributed by atoms with Gasteiger partial charge in [0.2, 0.25) is 0 Å². The highest BCUT2D eigenvalue weighted by molar-refractivity contribution is 5.82. The van der Waals surface area contributed by atoms with Crippen LogP contribution < -0.4 is 15.5 Å². The number of benzene rings is 1. The van der Waals surface area contributed by atoms with Crippen LogP contribution in [0.5, 0.6) is 0 Å². The van der Waals surface area contributed by atoms with Crippen molar-refractivity contribution in [3.63, 3.8) is 0 Å². The van der Waals surface area contributed by atoms with E-state index in [0.717, 1.165) is 17.1 Å². The second-order valence-electron chi connectivity index (χ2n) is 3.50. The number of hydrogen-bond acceptors (Lipinski definition) is 3. The van der Waals surface area contributed by atoms with Crippen molar-refractivity contribution in [2.45, 2.75) is 0 Å². The molecule has 0 fully saturated rings. The molecule has 0 heterocycles. The molecule has 13 heavy (non-hydrogen) atoms. The quantitative estimate of drug-likeness (QED) is 0.696. The Morgan fingerprint density at radius 3 is 2.00 bits per heavy atom. The van der Waals surface area contributed by atoms with Gasteiger partial charge in [0.25, 0.3) is 0 Å². The Bertz CT molecular complexity index is 292. The maximum Gasteiger partial charge on any atom is 0.0832 e. The van der Waals surface area contributed by atoms with E-state index < -0.39 is 0 Å². The Kier molecular flexibility index (Phi) is 2.66. The van der Waals surface area contributed by atoms with Gasteiger partial charge in [-0.2, -0.15) is 0 Å². The molecule has 0 aliphatic rings. The highest BCUT2D eigenvalue weighted by Crippen LogP contribution is 2.32. The zero-order valence-electron chi connectivity index (χ0n) is 8.70. The molecule has 1 rings (SSSR count). The van der Waals surface area contributed by atoms with Crippen LogP contribution in [0.15, 0.2) is 18.2 Å². The summed E-state index contributed by atoms with van der Waals surface area (Å²) in [5.41, 5.74) is 8.93. The molecule has 0 bridgehead atoms. The van der Waals surface area contributed by atoms with Crippen LogP contribution in [0.3, 0.4) is 0 Å². The normalized spacial score (nSPS) is 9.85. The van der Waals surface area contributed by atoms with Crippen LogP contribution in [-0.4, -0.2) is 28.2 Å². The van der Waals surface area contributed by atoms with Crippen LogP contribution >= 0.6 is 0 Å². The third-order valence-electron chi connectivity index (χ3n) is 1.97. The summed E-state index contributed by atoms with van der Waals surface area (Å²) in [6, 6.07) is 5.95. The molecule has 2 N–H and O–H groups in total. The highest BCUT2D eigenvalue weighted by Gasteiger charge is 2.08. The molecule has 72 valence electrons. The van der Waals surface area contributed by atoms with Gasteiger partial charge >= 0.3 is 0 Å². The molecule has 1 aromatic rings. The molecule has 0 spiro atoms. The van der Waals surface area contributed by atoms with E-state index in [1.165, 1.54) is 0 Å². The minimum absolute atomic E-state index is 0.816. The standard InChI is InChI=1S/C10H17N3/c1-12(2)9-7-5-6-8(11)10(9)13(3)4/h5-7H,11H2,1-4H3. The fourth-order valence-electron chi connectivity index (χ4n) is 1.40. The van der Waals surface area contributed by atoms with E-state index in [9.17, 15) is 0 Å². The van der Waals surface area contributed by atoms with Crippen LogP contribution in [0.4, 0.5) is 17.1 Å². The van der Waals surface area contributed by atoms with Crippen LogP contribution in [0.2, 0.25) is 0 Å². The largest absolute Gasteiger partial charge is 0.397 e. The second kappa shape index (κ2) is 3.56. The smallest absolute Gasteiger partial charge is 0.0832 e. The fraction of sp³-hybridized carbons (Fsp3) is 0.400. The van der Waals surface area contributed by atoms with Crippen molar-refractivity contribution in [2.24, 2.45) is 0 Å². The predicted molar refractivity (Wildman–Crippen MR) is 59.5 cm³/mol. The van der Waals surface area contributed by atoms with Gasteiger partial charge in [0.15, 0.2) is 0 Å². The third-order valence-corrected chi connectivity index (χ3v) is 1.97. The molecule has 0 aliphatic heterocycles. The molecule has 1 aromatic carbocycles. The Morgan fingerprint density at radius 2 is 1.62 bits per heavy atom. The van der Waals surface area contributed by atoms with E-state index in [2.05, 4.69) is 11.0 Å². The number of rotatable bonds is 2. The van der Waals surface area contributed by atoms with Crippen LogP contribution in [-0.2, 0) is 0 Å². The summed E-state index contributed by atoms with van der Waals surface area (Å²) in [5, 5.41) is 0. The van der Waals surface area contributed by atoms with Gasteiger partial charge in [0.1, 0.15) is 0 Å². The summed E-state index contributed by atoms with van der Waals surface area (Å²) in [4.78, 5) is 4.09. The number of nitrogens with two attached hydrogens (primary N) is 1. The van der Waals surface area contributed by atoms with Crippen molar-refractivity contribution >= 4 is 17.1 Å². The van der Waals surface area contributed by atoms with Gasteiger partial charge in [0.05, 0.1) is 17.1 Å². The molecule has 0 saturated heterocycles. The fourth-order valence-corrected chi connectivity index (χ4v) is 1.40. The van der Waals surface area contributed by atoms with Crippen molar-refractivity contribution in [1.29, 1.82) is 0 Å². The molecule has 0 atom stereocenters. The lowest BCUT2D eigenvalue weighted by atomic mass is 10.2. The maximum atomic E-state index is 5.89. The highest BCUT2D eigenvalue weighted by atomic mass is 15.1. The van der Waals surface area contributed by atoms with E-state index in [0.29, 0.717) is 0 Å². The van der Waals surface area contributed by atoms with Crippen LogP contribution in [0, 0.1) is 0 Å². The molecule has 0 radical (unpaired) electrons. The number of hydrogen-bond donors (Lipinski definition) is 1.